The molecule has 1 aromatic carbocycles. The lowest BCUT2D eigenvalue weighted by atomic mass is 10.2. The van der Waals surface area contributed by atoms with Gasteiger partial charge >= 0.3 is 6.18 Å². The third-order valence-electron chi connectivity index (χ3n) is 3.09. The van der Waals surface area contributed by atoms with Crippen LogP contribution >= 0.6 is 22.6 Å². The lowest BCUT2D eigenvalue weighted by Crippen LogP contribution is -2.28. The molecule has 0 unspecified atom stereocenters. The van der Waals surface area contributed by atoms with Gasteiger partial charge in [-0.25, -0.2) is 0 Å². The maximum Gasteiger partial charge on any atom is 0.417 e. The van der Waals surface area contributed by atoms with Gasteiger partial charge in [0, 0.05) is 21.5 Å². The van der Waals surface area contributed by atoms with Crippen LogP contribution in [0.4, 0.5) is 18.9 Å². The number of rotatable bonds is 3. The van der Waals surface area contributed by atoms with Gasteiger partial charge in [0.15, 0.2) is 0 Å². The van der Waals surface area contributed by atoms with Gasteiger partial charge in [0.25, 0.3) is 5.56 Å². The van der Waals surface area contributed by atoms with Gasteiger partial charge in [-0.1, -0.05) is 0 Å². The van der Waals surface area contributed by atoms with Crippen LogP contribution in [0, 0.1) is 10.5 Å². The van der Waals surface area contributed by atoms with Gasteiger partial charge < -0.3 is 9.88 Å². The summed E-state index contributed by atoms with van der Waals surface area (Å²) in [5.41, 5.74) is -0.278. The molecule has 2 aromatic rings. The molecule has 1 N–H and O–H groups in total. The van der Waals surface area contributed by atoms with E-state index in [1.165, 1.54) is 0 Å². The Morgan fingerprint density at radius 1 is 1.26 bits per heavy atom. The van der Waals surface area contributed by atoms with Crippen molar-refractivity contribution in [2.45, 2.75) is 19.6 Å². The van der Waals surface area contributed by atoms with Gasteiger partial charge in [0.1, 0.15) is 6.54 Å². The standard InChI is InChI=1S/C15H12F3IN2O2/c1-9-6-11(19)3-4-12(9)20-13(22)8-21-7-10(15(16,17)18)2-5-14(21)23/h2-7H,8H2,1H3,(H,20,22). The maximum atomic E-state index is 12.7. The molecular weight excluding hydrogens is 424 g/mol. The van der Waals surface area contributed by atoms with Crippen LogP contribution in [0.5, 0.6) is 0 Å². The van der Waals surface area contributed by atoms with Gasteiger partial charge in [-0.05, 0) is 59.3 Å². The number of anilines is 1. The largest absolute Gasteiger partial charge is 0.417 e. The molecule has 0 spiro atoms. The second kappa shape index (κ2) is 6.73. The lowest BCUT2D eigenvalue weighted by molar-refractivity contribution is -0.138. The summed E-state index contributed by atoms with van der Waals surface area (Å²) < 4.78 is 39.7. The first-order chi connectivity index (χ1) is 10.7. The van der Waals surface area contributed by atoms with E-state index >= 15 is 0 Å². The van der Waals surface area contributed by atoms with Crippen molar-refractivity contribution < 1.29 is 18.0 Å². The number of carbonyl (C=O) groups excluding carboxylic acids is 1. The first kappa shape index (κ1) is 17.5. The second-order valence-electron chi connectivity index (χ2n) is 4.89. The summed E-state index contributed by atoms with van der Waals surface area (Å²) >= 11 is 2.13. The topological polar surface area (TPSA) is 51.1 Å². The van der Waals surface area contributed by atoms with Crippen LogP contribution in [0.3, 0.4) is 0 Å². The quantitative estimate of drug-likeness (QED) is 0.751. The zero-order valence-corrected chi connectivity index (χ0v) is 14.1. The van der Waals surface area contributed by atoms with Crippen LogP contribution in [-0.2, 0) is 17.5 Å². The highest BCUT2D eigenvalue weighted by Gasteiger charge is 2.31. The summed E-state index contributed by atoms with van der Waals surface area (Å²) in [6.07, 6.45) is -3.93. The molecule has 0 saturated carbocycles. The number of nitrogens with zero attached hydrogens (tertiary/aromatic N) is 1. The van der Waals surface area contributed by atoms with Gasteiger partial charge in [0.05, 0.1) is 5.56 Å². The average Bonchev–Trinajstić information content (AvgIpc) is 2.43. The van der Waals surface area contributed by atoms with Gasteiger partial charge in [-0.15, -0.1) is 0 Å². The van der Waals surface area contributed by atoms with E-state index in [2.05, 4.69) is 27.9 Å². The number of amides is 1. The SMILES string of the molecule is Cc1cc(I)ccc1NC(=O)Cn1cc(C(F)(F)F)ccc1=O. The highest BCUT2D eigenvalue weighted by Crippen LogP contribution is 2.28. The van der Waals surface area contributed by atoms with E-state index in [1.54, 1.807) is 19.1 Å². The number of hydrogen-bond donors (Lipinski definition) is 1. The molecule has 2 rings (SSSR count). The average molecular weight is 436 g/mol. The summed E-state index contributed by atoms with van der Waals surface area (Å²) in [6.45, 7) is 1.31. The molecule has 0 bridgehead atoms. The van der Waals surface area contributed by atoms with E-state index in [4.69, 9.17) is 0 Å². The molecular formula is C15H12F3IN2O2. The molecule has 0 atom stereocenters. The molecule has 0 aliphatic rings. The van der Waals surface area contributed by atoms with E-state index in [0.717, 1.165) is 19.8 Å². The smallest absolute Gasteiger partial charge is 0.324 e. The molecule has 0 radical (unpaired) electrons. The van der Waals surface area contributed by atoms with Crippen molar-refractivity contribution >= 4 is 34.2 Å². The number of pyridine rings is 1. The van der Waals surface area contributed by atoms with Crippen molar-refractivity contribution in [1.29, 1.82) is 0 Å². The molecule has 1 heterocycles. The minimum absolute atomic E-state index is 0.492. The first-order valence-corrected chi connectivity index (χ1v) is 7.58. The Labute approximate surface area is 143 Å². The van der Waals surface area contributed by atoms with Crippen molar-refractivity contribution in [3.8, 4) is 0 Å². The van der Waals surface area contributed by atoms with Crippen molar-refractivity contribution in [2.75, 3.05) is 5.32 Å². The van der Waals surface area contributed by atoms with Crippen LogP contribution in [0.1, 0.15) is 11.1 Å². The normalized spacial score (nSPS) is 11.3. The van der Waals surface area contributed by atoms with Crippen molar-refractivity contribution in [2.24, 2.45) is 0 Å². The molecule has 1 amide bonds. The lowest BCUT2D eigenvalue weighted by Gasteiger charge is -2.12. The Kier molecular flexibility index (Phi) is 5.12. The minimum Gasteiger partial charge on any atom is -0.324 e. The summed E-state index contributed by atoms with van der Waals surface area (Å²) in [7, 11) is 0. The molecule has 0 fully saturated rings. The Hall–Kier alpha value is -1.84. The van der Waals surface area contributed by atoms with E-state index in [1.807, 2.05) is 6.07 Å². The number of nitrogens with one attached hydrogen (secondary N) is 1. The number of aryl methyl sites for hydroxylation is 1. The zero-order chi connectivity index (χ0) is 17.2. The van der Waals surface area contributed by atoms with Crippen molar-refractivity contribution in [3.63, 3.8) is 0 Å². The van der Waals surface area contributed by atoms with E-state index in [9.17, 15) is 22.8 Å². The Balaban J connectivity index is 2.18. The Bertz CT molecular complexity index is 800. The predicted octanol–water partition coefficient (Wildman–Crippen LogP) is 3.42. The number of hydrogen-bond acceptors (Lipinski definition) is 2. The molecule has 0 aliphatic heterocycles. The number of carbonyl (C=O) groups is 1. The number of halogens is 4. The maximum absolute atomic E-state index is 12.7. The third kappa shape index (κ3) is 4.57. The summed E-state index contributed by atoms with van der Waals surface area (Å²) in [6, 6.07) is 6.84. The Morgan fingerprint density at radius 3 is 2.57 bits per heavy atom. The van der Waals surface area contributed by atoms with Crippen molar-refractivity contribution in [3.05, 3.63) is 61.6 Å². The third-order valence-corrected chi connectivity index (χ3v) is 3.76. The molecule has 8 heteroatoms. The number of alkyl halides is 3. The molecule has 0 saturated heterocycles. The fourth-order valence-electron chi connectivity index (χ4n) is 1.93. The van der Waals surface area contributed by atoms with Crippen LogP contribution in [0.15, 0.2) is 41.3 Å². The summed E-state index contributed by atoms with van der Waals surface area (Å²) in [4.78, 5) is 23.6. The first-order valence-electron chi connectivity index (χ1n) is 6.50. The number of benzene rings is 1. The zero-order valence-electron chi connectivity index (χ0n) is 11.9. The fourth-order valence-corrected chi connectivity index (χ4v) is 2.58. The molecule has 1 aromatic heterocycles. The van der Waals surface area contributed by atoms with Crippen molar-refractivity contribution in [1.82, 2.24) is 4.57 Å². The summed E-state index contributed by atoms with van der Waals surface area (Å²) in [5.74, 6) is -0.573. The molecule has 23 heavy (non-hydrogen) atoms. The predicted molar refractivity (Wildman–Crippen MR) is 88.2 cm³/mol. The molecule has 0 aliphatic carbocycles. The fraction of sp³-hybridized carbons (Fsp3) is 0.200. The van der Waals surface area contributed by atoms with Crippen LogP contribution in [-0.4, -0.2) is 10.5 Å². The van der Waals surface area contributed by atoms with E-state index in [-0.39, 0.29) is 0 Å². The van der Waals surface area contributed by atoms with Crippen LogP contribution in [0.25, 0.3) is 0 Å². The van der Waals surface area contributed by atoms with Crippen LogP contribution < -0.4 is 10.9 Å². The van der Waals surface area contributed by atoms with Gasteiger partial charge in [-0.2, -0.15) is 13.2 Å². The highest BCUT2D eigenvalue weighted by molar-refractivity contribution is 14.1. The monoisotopic (exact) mass is 436 g/mol. The molecule has 122 valence electrons. The van der Waals surface area contributed by atoms with Gasteiger partial charge in [-0.3, -0.25) is 9.59 Å². The highest BCUT2D eigenvalue weighted by atomic mass is 127. The van der Waals surface area contributed by atoms with E-state index < -0.39 is 29.8 Å². The summed E-state index contributed by atoms with van der Waals surface area (Å²) in [5, 5.41) is 2.59. The minimum atomic E-state index is -4.57. The second-order valence-corrected chi connectivity index (χ2v) is 6.13. The van der Waals surface area contributed by atoms with E-state index in [0.29, 0.717) is 18.0 Å². The van der Waals surface area contributed by atoms with Gasteiger partial charge in [0.2, 0.25) is 5.91 Å². The molecule has 4 nitrogen and oxygen atoms in total. The Morgan fingerprint density at radius 2 is 1.96 bits per heavy atom. The van der Waals surface area contributed by atoms with Crippen LogP contribution in [0.2, 0.25) is 0 Å². The number of aromatic nitrogens is 1.